The van der Waals surface area contributed by atoms with Gasteiger partial charge in [-0.15, -0.1) is 11.8 Å². The third-order valence-corrected chi connectivity index (χ3v) is 3.91. The first-order chi connectivity index (χ1) is 8.24. The Balaban J connectivity index is 1.71. The Morgan fingerprint density at radius 1 is 1.18 bits per heavy atom. The number of hydrogen-bond acceptors (Lipinski definition) is 3. The van der Waals surface area contributed by atoms with Crippen molar-refractivity contribution in [2.24, 2.45) is 0 Å². The molecule has 2 rings (SSSR count). The molecule has 1 aliphatic rings. The standard InChI is InChI=1S/C14H21NOS/c1-12-10-15(11-13(2)16-12)8-9-17-14-6-4-3-5-7-14/h3-7,12-13H,8-11H2,1-2H3/t12-,13-/m1/s1. The first-order valence-electron chi connectivity index (χ1n) is 6.29. The summed E-state index contributed by atoms with van der Waals surface area (Å²) in [5.41, 5.74) is 0. The lowest BCUT2D eigenvalue weighted by atomic mass is 10.2. The molecule has 0 spiro atoms. The van der Waals surface area contributed by atoms with Crippen LogP contribution in [0.2, 0.25) is 0 Å². The van der Waals surface area contributed by atoms with E-state index in [1.807, 2.05) is 11.8 Å². The molecule has 0 N–H and O–H groups in total. The minimum Gasteiger partial charge on any atom is -0.373 e. The van der Waals surface area contributed by atoms with Gasteiger partial charge in [-0.2, -0.15) is 0 Å². The number of hydrogen-bond donors (Lipinski definition) is 0. The van der Waals surface area contributed by atoms with Crippen molar-refractivity contribution >= 4 is 11.8 Å². The van der Waals surface area contributed by atoms with E-state index in [9.17, 15) is 0 Å². The lowest BCUT2D eigenvalue weighted by Gasteiger charge is -2.35. The lowest BCUT2D eigenvalue weighted by molar-refractivity contribution is -0.0661. The van der Waals surface area contributed by atoms with Gasteiger partial charge in [0.05, 0.1) is 12.2 Å². The molecular weight excluding hydrogens is 230 g/mol. The number of benzene rings is 1. The zero-order chi connectivity index (χ0) is 12.1. The molecular formula is C14H21NOS. The molecule has 1 heterocycles. The van der Waals surface area contributed by atoms with Crippen LogP contribution in [0.25, 0.3) is 0 Å². The topological polar surface area (TPSA) is 12.5 Å². The van der Waals surface area contributed by atoms with Crippen LogP contribution >= 0.6 is 11.8 Å². The maximum Gasteiger partial charge on any atom is 0.0678 e. The molecule has 1 aliphatic heterocycles. The molecule has 0 unspecified atom stereocenters. The molecule has 0 aliphatic carbocycles. The maximum absolute atomic E-state index is 5.73. The monoisotopic (exact) mass is 251 g/mol. The van der Waals surface area contributed by atoms with Gasteiger partial charge in [0.1, 0.15) is 0 Å². The van der Waals surface area contributed by atoms with Crippen LogP contribution in [-0.2, 0) is 4.74 Å². The summed E-state index contributed by atoms with van der Waals surface area (Å²) in [5.74, 6) is 1.16. The highest BCUT2D eigenvalue weighted by atomic mass is 32.2. The van der Waals surface area contributed by atoms with E-state index in [4.69, 9.17) is 4.74 Å². The van der Waals surface area contributed by atoms with E-state index in [2.05, 4.69) is 49.1 Å². The Hall–Kier alpha value is -0.510. The van der Waals surface area contributed by atoms with Gasteiger partial charge in [0.15, 0.2) is 0 Å². The summed E-state index contributed by atoms with van der Waals surface area (Å²) in [6, 6.07) is 10.6. The summed E-state index contributed by atoms with van der Waals surface area (Å²) in [7, 11) is 0. The van der Waals surface area contributed by atoms with Crippen molar-refractivity contribution in [2.75, 3.05) is 25.4 Å². The third-order valence-electron chi connectivity index (χ3n) is 2.91. The fourth-order valence-electron chi connectivity index (χ4n) is 2.28. The van der Waals surface area contributed by atoms with Crippen molar-refractivity contribution in [3.8, 4) is 0 Å². The van der Waals surface area contributed by atoms with E-state index in [-0.39, 0.29) is 0 Å². The van der Waals surface area contributed by atoms with Gasteiger partial charge in [-0.05, 0) is 26.0 Å². The summed E-state index contributed by atoms with van der Waals surface area (Å²) < 4.78 is 5.73. The van der Waals surface area contributed by atoms with Crippen LogP contribution < -0.4 is 0 Å². The van der Waals surface area contributed by atoms with E-state index in [0.717, 1.165) is 25.4 Å². The fraction of sp³-hybridized carbons (Fsp3) is 0.571. The van der Waals surface area contributed by atoms with Crippen molar-refractivity contribution in [1.82, 2.24) is 4.90 Å². The largest absolute Gasteiger partial charge is 0.373 e. The van der Waals surface area contributed by atoms with E-state index >= 15 is 0 Å². The third kappa shape index (κ3) is 4.34. The van der Waals surface area contributed by atoms with Crippen molar-refractivity contribution in [2.45, 2.75) is 31.0 Å². The highest BCUT2D eigenvalue weighted by Crippen LogP contribution is 2.18. The molecule has 3 heteroatoms. The molecule has 0 aromatic heterocycles. The van der Waals surface area contributed by atoms with Gasteiger partial charge in [0.2, 0.25) is 0 Å². The fourth-order valence-corrected chi connectivity index (χ4v) is 3.21. The van der Waals surface area contributed by atoms with Gasteiger partial charge in [-0.3, -0.25) is 4.90 Å². The van der Waals surface area contributed by atoms with Crippen LogP contribution in [0, 0.1) is 0 Å². The van der Waals surface area contributed by atoms with Gasteiger partial charge < -0.3 is 4.74 Å². The lowest BCUT2D eigenvalue weighted by Crippen LogP contribution is -2.46. The molecule has 1 aromatic rings. The van der Waals surface area contributed by atoms with Crippen LogP contribution in [-0.4, -0.2) is 42.5 Å². The Kier molecular flexibility index (Phi) is 4.89. The zero-order valence-electron chi connectivity index (χ0n) is 10.6. The second-order valence-electron chi connectivity index (χ2n) is 4.68. The maximum atomic E-state index is 5.73. The summed E-state index contributed by atoms with van der Waals surface area (Å²) in [6.07, 6.45) is 0.751. The van der Waals surface area contributed by atoms with Gasteiger partial charge >= 0.3 is 0 Å². The highest BCUT2D eigenvalue weighted by Gasteiger charge is 2.21. The second-order valence-corrected chi connectivity index (χ2v) is 5.85. The molecule has 0 radical (unpaired) electrons. The van der Waals surface area contributed by atoms with Crippen molar-refractivity contribution in [3.05, 3.63) is 30.3 Å². The molecule has 1 aromatic carbocycles. The summed E-state index contributed by atoms with van der Waals surface area (Å²) >= 11 is 1.93. The normalized spacial score (nSPS) is 26.0. The predicted molar refractivity (Wildman–Crippen MR) is 73.6 cm³/mol. The molecule has 1 saturated heterocycles. The second kappa shape index (κ2) is 6.43. The van der Waals surface area contributed by atoms with Gasteiger partial charge in [0.25, 0.3) is 0 Å². The van der Waals surface area contributed by atoms with Crippen molar-refractivity contribution < 1.29 is 4.74 Å². The predicted octanol–water partition coefficient (Wildman–Crippen LogP) is 2.89. The highest BCUT2D eigenvalue weighted by molar-refractivity contribution is 7.99. The van der Waals surface area contributed by atoms with E-state index in [0.29, 0.717) is 12.2 Å². The molecule has 2 atom stereocenters. The van der Waals surface area contributed by atoms with Gasteiger partial charge in [-0.1, -0.05) is 18.2 Å². The van der Waals surface area contributed by atoms with Crippen molar-refractivity contribution in [3.63, 3.8) is 0 Å². The van der Waals surface area contributed by atoms with Crippen LogP contribution in [0.15, 0.2) is 35.2 Å². The molecule has 0 bridgehead atoms. The van der Waals surface area contributed by atoms with Crippen LogP contribution in [0.3, 0.4) is 0 Å². The Bertz CT molecular complexity index is 320. The van der Waals surface area contributed by atoms with Crippen LogP contribution in [0.4, 0.5) is 0 Å². The molecule has 0 saturated carbocycles. The molecule has 0 amide bonds. The van der Waals surface area contributed by atoms with E-state index < -0.39 is 0 Å². The Morgan fingerprint density at radius 3 is 2.47 bits per heavy atom. The molecule has 17 heavy (non-hydrogen) atoms. The molecule has 2 nitrogen and oxygen atoms in total. The van der Waals surface area contributed by atoms with Gasteiger partial charge in [-0.25, -0.2) is 0 Å². The van der Waals surface area contributed by atoms with Crippen molar-refractivity contribution in [1.29, 1.82) is 0 Å². The van der Waals surface area contributed by atoms with Crippen LogP contribution in [0.5, 0.6) is 0 Å². The first kappa shape index (κ1) is 12.9. The summed E-state index contributed by atoms with van der Waals surface area (Å²) in [6.45, 7) is 7.61. The quantitative estimate of drug-likeness (QED) is 0.764. The van der Waals surface area contributed by atoms with Gasteiger partial charge in [0, 0.05) is 30.3 Å². The zero-order valence-corrected chi connectivity index (χ0v) is 11.5. The van der Waals surface area contributed by atoms with E-state index in [1.165, 1.54) is 4.90 Å². The smallest absolute Gasteiger partial charge is 0.0678 e. The average Bonchev–Trinajstić information content (AvgIpc) is 2.29. The average molecular weight is 251 g/mol. The number of morpholine rings is 1. The molecule has 94 valence electrons. The Labute approximate surface area is 108 Å². The summed E-state index contributed by atoms with van der Waals surface area (Å²) in [5, 5.41) is 0. The minimum absolute atomic E-state index is 0.375. The molecule has 1 fully saturated rings. The van der Waals surface area contributed by atoms with E-state index in [1.54, 1.807) is 0 Å². The first-order valence-corrected chi connectivity index (χ1v) is 7.28. The van der Waals surface area contributed by atoms with Crippen LogP contribution in [0.1, 0.15) is 13.8 Å². The number of nitrogens with zero attached hydrogens (tertiary/aromatic N) is 1. The SMILES string of the molecule is C[C@@H]1CN(CCSc2ccccc2)C[C@@H](C)O1. The number of rotatable bonds is 4. The number of ether oxygens (including phenoxy) is 1. The Morgan fingerprint density at radius 2 is 1.82 bits per heavy atom. The minimum atomic E-state index is 0.375. The summed E-state index contributed by atoms with van der Waals surface area (Å²) in [4.78, 5) is 3.87. The number of thioether (sulfide) groups is 1.